The van der Waals surface area contributed by atoms with Gasteiger partial charge in [-0.3, -0.25) is 4.79 Å². The smallest absolute Gasteiger partial charge is 0.226 e. The Morgan fingerprint density at radius 3 is 2.70 bits per heavy atom. The van der Waals surface area contributed by atoms with E-state index in [0.717, 1.165) is 36.7 Å². The van der Waals surface area contributed by atoms with Gasteiger partial charge in [-0.25, -0.2) is 4.68 Å². The first kappa shape index (κ1) is 17.2. The maximum atomic E-state index is 12.2. The highest BCUT2D eigenvalue weighted by Gasteiger charge is 2.11. The average molecular weight is 314 g/mol. The molecule has 2 aromatic rings. The maximum absolute atomic E-state index is 12.2. The van der Waals surface area contributed by atoms with Crippen LogP contribution in [0.25, 0.3) is 5.69 Å². The first-order valence-electron chi connectivity index (χ1n) is 8.20. The molecule has 1 amide bonds. The molecule has 0 spiro atoms. The van der Waals surface area contributed by atoms with Gasteiger partial charge in [-0.2, -0.15) is 5.10 Å². The van der Waals surface area contributed by atoms with Crippen molar-refractivity contribution in [3.8, 4) is 5.69 Å². The van der Waals surface area contributed by atoms with Gasteiger partial charge in [-0.05, 0) is 39.1 Å². The van der Waals surface area contributed by atoms with Crippen LogP contribution in [0.1, 0.15) is 31.9 Å². The van der Waals surface area contributed by atoms with Gasteiger partial charge in [0.15, 0.2) is 0 Å². The third-order valence-corrected chi connectivity index (χ3v) is 3.71. The number of unbranched alkanes of at least 4 members (excludes halogenated alkanes) is 1. The van der Waals surface area contributed by atoms with Crippen molar-refractivity contribution >= 4 is 11.7 Å². The van der Waals surface area contributed by atoms with Crippen LogP contribution in [0.3, 0.4) is 0 Å². The minimum atomic E-state index is 0.0189. The fraction of sp³-hybridized carbons (Fsp3) is 0.444. The van der Waals surface area contributed by atoms with Gasteiger partial charge in [-0.15, -0.1) is 0 Å². The van der Waals surface area contributed by atoms with E-state index in [9.17, 15) is 4.79 Å². The number of hydrogen-bond acceptors (Lipinski definition) is 3. The summed E-state index contributed by atoms with van der Waals surface area (Å²) in [7, 11) is 2.06. The molecule has 0 bridgehead atoms. The summed E-state index contributed by atoms with van der Waals surface area (Å²) in [5, 5.41) is 7.44. The molecule has 23 heavy (non-hydrogen) atoms. The predicted molar refractivity (Wildman–Crippen MR) is 94.0 cm³/mol. The van der Waals surface area contributed by atoms with Gasteiger partial charge in [0, 0.05) is 19.0 Å². The molecule has 5 heteroatoms. The summed E-state index contributed by atoms with van der Waals surface area (Å²) >= 11 is 0. The minimum Gasteiger partial charge on any atom is -0.311 e. The Bertz CT molecular complexity index is 621. The summed E-state index contributed by atoms with van der Waals surface area (Å²) in [5.74, 6) is 0.736. The van der Waals surface area contributed by atoms with Crippen molar-refractivity contribution in [3.05, 3.63) is 42.1 Å². The number of anilines is 1. The third-order valence-electron chi connectivity index (χ3n) is 3.71. The van der Waals surface area contributed by atoms with Crippen LogP contribution in [0.15, 0.2) is 36.4 Å². The van der Waals surface area contributed by atoms with Crippen LogP contribution >= 0.6 is 0 Å². The lowest BCUT2D eigenvalue weighted by molar-refractivity contribution is -0.116. The quantitative estimate of drug-likeness (QED) is 0.814. The second-order valence-corrected chi connectivity index (χ2v) is 5.87. The summed E-state index contributed by atoms with van der Waals surface area (Å²) < 4.78 is 1.77. The van der Waals surface area contributed by atoms with Crippen molar-refractivity contribution in [2.45, 2.75) is 33.1 Å². The summed E-state index contributed by atoms with van der Waals surface area (Å²) in [6, 6.07) is 11.7. The predicted octanol–water partition coefficient (Wildman–Crippen LogP) is 3.24. The highest BCUT2D eigenvalue weighted by atomic mass is 16.1. The summed E-state index contributed by atoms with van der Waals surface area (Å²) in [5.41, 5.74) is 1.82. The molecule has 124 valence electrons. The molecule has 0 aliphatic rings. The van der Waals surface area contributed by atoms with Crippen molar-refractivity contribution in [3.63, 3.8) is 0 Å². The van der Waals surface area contributed by atoms with Gasteiger partial charge >= 0.3 is 0 Å². The fourth-order valence-corrected chi connectivity index (χ4v) is 2.39. The Hall–Kier alpha value is -2.14. The molecule has 1 heterocycles. The van der Waals surface area contributed by atoms with Crippen molar-refractivity contribution in [2.24, 2.45) is 0 Å². The number of hydrogen-bond donors (Lipinski definition) is 1. The van der Waals surface area contributed by atoms with E-state index >= 15 is 0 Å². The number of benzene rings is 1. The normalized spacial score (nSPS) is 11.0. The lowest BCUT2D eigenvalue weighted by atomic mass is 10.3. The molecule has 0 fully saturated rings. The van der Waals surface area contributed by atoms with Crippen LogP contribution in [0, 0.1) is 6.92 Å². The number of carbonyl (C=O) groups excluding carboxylic acids is 1. The van der Waals surface area contributed by atoms with Crippen molar-refractivity contribution < 1.29 is 4.79 Å². The molecule has 0 radical (unpaired) electrons. The number of amides is 1. The van der Waals surface area contributed by atoms with Gasteiger partial charge in [0.25, 0.3) is 0 Å². The highest BCUT2D eigenvalue weighted by molar-refractivity contribution is 5.90. The number of nitrogens with one attached hydrogen (secondary N) is 1. The second kappa shape index (κ2) is 8.48. The zero-order valence-corrected chi connectivity index (χ0v) is 14.2. The molecule has 1 aromatic carbocycles. The van der Waals surface area contributed by atoms with E-state index in [4.69, 9.17) is 0 Å². The highest BCUT2D eigenvalue weighted by Crippen LogP contribution is 2.17. The molecule has 0 aliphatic carbocycles. The van der Waals surface area contributed by atoms with E-state index in [-0.39, 0.29) is 5.91 Å². The standard InChI is InChI=1S/C18H26N4O/c1-4-5-12-21(3)13-11-18(23)19-17-14-15(2)20-22(17)16-9-7-6-8-10-16/h6-10,14H,4-5,11-13H2,1-3H3,(H,19,23). The van der Waals surface area contributed by atoms with E-state index in [1.165, 1.54) is 6.42 Å². The van der Waals surface area contributed by atoms with Crippen molar-refractivity contribution in [1.29, 1.82) is 0 Å². The minimum absolute atomic E-state index is 0.0189. The third kappa shape index (κ3) is 5.21. The van der Waals surface area contributed by atoms with Gasteiger partial charge in [0.05, 0.1) is 11.4 Å². The summed E-state index contributed by atoms with van der Waals surface area (Å²) in [6.07, 6.45) is 2.82. The molecule has 0 saturated carbocycles. The number of rotatable bonds is 8. The molecule has 1 N–H and O–H groups in total. The Morgan fingerprint density at radius 1 is 1.26 bits per heavy atom. The van der Waals surface area contributed by atoms with Crippen molar-refractivity contribution in [1.82, 2.24) is 14.7 Å². The Labute approximate surface area is 138 Å². The largest absolute Gasteiger partial charge is 0.311 e. The number of nitrogens with zero attached hydrogens (tertiary/aromatic N) is 3. The maximum Gasteiger partial charge on any atom is 0.226 e. The Balaban J connectivity index is 1.96. The Morgan fingerprint density at radius 2 is 2.00 bits per heavy atom. The lowest BCUT2D eigenvalue weighted by Crippen LogP contribution is -2.25. The average Bonchev–Trinajstić information content (AvgIpc) is 2.92. The molecule has 2 rings (SSSR count). The van der Waals surface area contributed by atoms with Crippen LogP contribution in [0.2, 0.25) is 0 Å². The fourth-order valence-electron chi connectivity index (χ4n) is 2.39. The van der Waals surface area contributed by atoms with Crippen LogP contribution in [0.4, 0.5) is 5.82 Å². The molecule has 0 atom stereocenters. The van der Waals surface area contributed by atoms with E-state index < -0.39 is 0 Å². The van der Waals surface area contributed by atoms with Gasteiger partial charge < -0.3 is 10.2 Å². The van der Waals surface area contributed by atoms with E-state index in [1.54, 1.807) is 4.68 Å². The van der Waals surface area contributed by atoms with Crippen LogP contribution in [-0.2, 0) is 4.79 Å². The molecule has 5 nitrogen and oxygen atoms in total. The number of aryl methyl sites for hydroxylation is 1. The van der Waals surface area contributed by atoms with E-state index in [1.807, 2.05) is 43.3 Å². The molecular weight excluding hydrogens is 288 g/mol. The Kier molecular flexibility index (Phi) is 6.35. The second-order valence-electron chi connectivity index (χ2n) is 5.87. The molecule has 0 unspecified atom stereocenters. The number of para-hydroxylation sites is 1. The monoisotopic (exact) mass is 314 g/mol. The molecule has 0 saturated heterocycles. The summed E-state index contributed by atoms with van der Waals surface area (Å²) in [6.45, 7) is 5.90. The molecular formula is C18H26N4O. The lowest BCUT2D eigenvalue weighted by Gasteiger charge is -2.15. The van der Waals surface area contributed by atoms with Gasteiger partial charge in [0.2, 0.25) is 5.91 Å². The van der Waals surface area contributed by atoms with Crippen LogP contribution in [-0.4, -0.2) is 40.7 Å². The van der Waals surface area contributed by atoms with E-state index in [0.29, 0.717) is 6.42 Å². The molecule has 1 aromatic heterocycles. The molecule has 0 aliphatic heterocycles. The van der Waals surface area contributed by atoms with Gasteiger partial charge in [-0.1, -0.05) is 31.5 Å². The van der Waals surface area contributed by atoms with Crippen LogP contribution in [0.5, 0.6) is 0 Å². The first-order valence-corrected chi connectivity index (χ1v) is 8.20. The number of aromatic nitrogens is 2. The van der Waals surface area contributed by atoms with E-state index in [2.05, 4.69) is 29.3 Å². The first-order chi connectivity index (χ1) is 11.1. The number of carbonyl (C=O) groups is 1. The topological polar surface area (TPSA) is 50.2 Å². The SMILES string of the molecule is CCCCN(C)CCC(=O)Nc1cc(C)nn1-c1ccccc1. The van der Waals surface area contributed by atoms with Crippen LogP contribution < -0.4 is 5.32 Å². The van der Waals surface area contributed by atoms with Gasteiger partial charge in [0.1, 0.15) is 5.82 Å². The zero-order chi connectivity index (χ0) is 16.7. The van der Waals surface area contributed by atoms with Crippen molar-refractivity contribution in [2.75, 3.05) is 25.5 Å². The zero-order valence-electron chi connectivity index (χ0n) is 14.2. The summed E-state index contributed by atoms with van der Waals surface area (Å²) in [4.78, 5) is 14.4.